The van der Waals surface area contributed by atoms with Crippen LogP contribution in [0.1, 0.15) is 10.6 Å². The van der Waals surface area contributed by atoms with Crippen molar-refractivity contribution in [2.45, 2.75) is 13.2 Å². The lowest BCUT2D eigenvalue weighted by atomic mass is 10.2. The van der Waals surface area contributed by atoms with E-state index in [0.29, 0.717) is 26.4 Å². The van der Waals surface area contributed by atoms with E-state index in [1.165, 1.54) is 0 Å². The van der Waals surface area contributed by atoms with Crippen molar-refractivity contribution in [1.29, 1.82) is 0 Å². The number of carbonyl (C=O) groups excluding carboxylic acids is 1. The molecule has 1 amide bonds. The maximum atomic E-state index is 12.0. The summed E-state index contributed by atoms with van der Waals surface area (Å²) in [6.45, 7) is 1.86. The summed E-state index contributed by atoms with van der Waals surface area (Å²) in [5, 5.41) is 3.71. The zero-order valence-electron chi connectivity index (χ0n) is 14.1. The first kappa shape index (κ1) is 16.8. The van der Waals surface area contributed by atoms with Crippen LogP contribution in [0, 0.1) is 0 Å². The highest BCUT2D eigenvalue weighted by atomic mass is 32.1. The maximum Gasteiger partial charge on any atom is 0.246 e. The Bertz CT molecular complexity index is 892. The molecule has 2 heterocycles. The predicted octanol–water partition coefficient (Wildman–Crippen LogP) is 2.90. The van der Waals surface area contributed by atoms with Crippen LogP contribution in [0.15, 0.2) is 42.5 Å². The molecule has 1 aliphatic heterocycles. The van der Waals surface area contributed by atoms with Gasteiger partial charge in [0.25, 0.3) is 0 Å². The number of para-hydroxylation sites is 1. The normalized spacial score (nSPS) is 12.9. The van der Waals surface area contributed by atoms with Gasteiger partial charge in [-0.05, 0) is 29.8 Å². The van der Waals surface area contributed by atoms with E-state index >= 15 is 0 Å². The van der Waals surface area contributed by atoms with Crippen molar-refractivity contribution in [1.82, 2.24) is 10.3 Å². The van der Waals surface area contributed by atoms with Gasteiger partial charge in [0.2, 0.25) is 5.91 Å². The van der Waals surface area contributed by atoms with E-state index in [1.54, 1.807) is 11.3 Å². The number of ether oxygens (including phenoxy) is 3. The molecular weight excluding hydrogens is 352 g/mol. The molecule has 0 atom stereocenters. The molecule has 0 saturated carbocycles. The molecule has 0 unspecified atom stereocenters. The highest BCUT2D eigenvalue weighted by Gasteiger charge is 2.12. The van der Waals surface area contributed by atoms with Crippen molar-refractivity contribution in [3.05, 3.63) is 53.0 Å². The molecule has 0 bridgehead atoms. The lowest BCUT2D eigenvalue weighted by Crippen LogP contribution is -2.27. The fourth-order valence-electron chi connectivity index (χ4n) is 2.66. The number of thiazole rings is 1. The Morgan fingerprint density at radius 2 is 2.00 bits per heavy atom. The topological polar surface area (TPSA) is 69.7 Å². The molecule has 1 aliphatic rings. The highest BCUT2D eigenvalue weighted by Crippen LogP contribution is 2.30. The number of aromatic nitrogens is 1. The molecule has 3 aromatic rings. The van der Waals surface area contributed by atoms with Gasteiger partial charge >= 0.3 is 0 Å². The summed E-state index contributed by atoms with van der Waals surface area (Å²) in [5.74, 6) is 1.29. The third-order valence-electron chi connectivity index (χ3n) is 3.89. The number of carbonyl (C=O) groups is 1. The number of nitrogens with one attached hydrogen (secondary N) is 1. The predicted molar refractivity (Wildman–Crippen MR) is 98.6 cm³/mol. The van der Waals surface area contributed by atoms with Crippen LogP contribution < -0.4 is 14.8 Å². The van der Waals surface area contributed by atoms with Gasteiger partial charge in [-0.1, -0.05) is 18.2 Å². The highest BCUT2D eigenvalue weighted by molar-refractivity contribution is 7.18. The molecule has 4 rings (SSSR count). The number of nitrogens with zero attached hydrogens (tertiary/aromatic N) is 1. The average molecular weight is 370 g/mol. The van der Waals surface area contributed by atoms with Crippen molar-refractivity contribution in [2.24, 2.45) is 0 Å². The van der Waals surface area contributed by atoms with Gasteiger partial charge in [0.15, 0.2) is 11.5 Å². The molecule has 26 heavy (non-hydrogen) atoms. The Morgan fingerprint density at radius 1 is 1.15 bits per heavy atom. The van der Waals surface area contributed by atoms with E-state index < -0.39 is 0 Å². The van der Waals surface area contributed by atoms with E-state index in [-0.39, 0.29) is 12.5 Å². The first-order valence-electron chi connectivity index (χ1n) is 8.35. The lowest BCUT2D eigenvalue weighted by molar-refractivity contribution is -0.126. The van der Waals surface area contributed by atoms with Gasteiger partial charge in [-0.2, -0.15) is 0 Å². The standard InChI is InChI=1S/C19H18N2O4S/c22-18(11-23-12-19-21-14-3-1-2-4-17(14)26-19)20-10-13-5-6-15-16(9-13)25-8-7-24-15/h1-6,9H,7-8,10-12H2,(H,20,22). The van der Waals surface area contributed by atoms with Crippen LogP contribution in [0.3, 0.4) is 0 Å². The summed E-state index contributed by atoms with van der Waals surface area (Å²) in [5.41, 5.74) is 1.91. The van der Waals surface area contributed by atoms with E-state index in [2.05, 4.69) is 10.3 Å². The molecule has 0 spiro atoms. The molecule has 134 valence electrons. The van der Waals surface area contributed by atoms with Crippen molar-refractivity contribution in [2.75, 3.05) is 19.8 Å². The number of benzene rings is 2. The quantitative estimate of drug-likeness (QED) is 0.723. The first-order chi connectivity index (χ1) is 12.8. The van der Waals surface area contributed by atoms with Crippen molar-refractivity contribution in [3.8, 4) is 11.5 Å². The summed E-state index contributed by atoms with van der Waals surface area (Å²) >= 11 is 1.58. The van der Waals surface area contributed by atoms with Gasteiger partial charge in [0, 0.05) is 6.54 Å². The number of hydrogen-bond donors (Lipinski definition) is 1. The average Bonchev–Trinajstić information content (AvgIpc) is 3.09. The van der Waals surface area contributed by atoms with Crippen LogP contribution in [-0.2, 0) is 22.7 Å². The zero-order chi connectivity index (χ0) is 17.8. The minimum Gasteiger partial charge on any atom is -0.486 e. The molecule has 0 radical (unpaired) electrons. The second kappa shape index (κ2) is 7.72. The Balaban J connectivity index is 1.24. The zero-order valence-corrected chi connectivity index (χ0v) is 14.9. The van der Waals surface area contributed by atoms with Crippen LogP contribution in [0.2, 0.25) is 0 Å². The minimum absolute atomic E-state index is 0.000473. The Hall–Kier alpha value is -2.64. The van der Waals surface area contributed by atoms with Crippen LogP contribution in [0.4, 0.5) is 0 Å². The number of amides is 1. The summed E-state index contributed by atoms with van der Waals surface area (Å²) in [6, 6.07) is 13.6. The van der Waals surface area contributed by atoms with Gasteiger partial charge in [0.05, 0.1) is 16.8 Å². The van der Waals surface area contributed by atoms with Gasteiger partial charge in [0.1, 0.15) is 24.8 Å². The summed E-state index contributed by atoms with van der Waals surface area (Å²) in [4.78, 5) is 16.4. The second-order valence-electron chi connectivity index (χ2n) is 5.82. The van der Waals surface area contributed by atoms with Crippen molar-refractivity contribution >= 4 is 27.5 Å². The summed E-state index contributed by atoms with van der Waals surface area (Å²) < 4.78 is 17.6. The van der Waals surface area contributed by atoms with Crippen LogP contribution in [0.5, 0.6) is 11.5 Å². The molecule has 1 aromatic heterocycles. The van der Waals surface area contributed by atoms with Gasteiger partial charge in [-0.25, -0.2) is 4.98 Å². The van der Waals surface area contributed by atoms with Crippen LogP contribution in [-0.4, -0.2) is 30.7 Å². The Morgan fingerprint density at radius 3 is 2.88 bits per heavy atom. The van der Waals surface area contributed by atoms with E-state index in [1.807, 2.05) is 42.5 Å². The van der Waals surface area contributed by atoms with Crippen molar-refractivity contribution in [3.63, 3.8) is 0 Å². The molecule has 6 nitrogen and oxygen atoms in total. The van der Waals surface area contributed by atoms with Gasteiger partial charge in [-0.3, -0.25) is 4.79 Å². The fraction of sp³-hybridized carbons (Fsp3) is 0.263. The van der Waals surface area contributed by atoms with Crippen molar-refractivity contribution < 1.29 is 19.0 Å². The Kier molecular flexibility index (Phi) is 4.99. The maximum absolute atomic E-state index is 12.0. The van der Waals surface area contributed by atoms with E-state index in [4.69, 9.17) is 14.2 Å². The molecule has 0 saturated heterocycles. The smallest absolute Gasteiger partial charge is 0.246 e. The lowest BCUT2D eigenvalue weighted by Gasteiger charge is -2.18. The summed E-state index contributed by atoms with van der Waals surface area (Å²) in [6.07, 6.45) is 0. The largest absolute Gasteiger partial charge is 0.486 e. The number of fused-ring (bicyclic) bond motifs is 2. The van der Waals surface area contributed by atoms with Crippen LogP contribution >= 0.6 is 11.3 Å². The molecule has 0 fully saturated rings. The fourth-order valence-corrected chi connectivity index (χ4v) is 3.57. The molecule has 1 N–H and O–H groups in total. The molecule has 7 heteroatoms. The molecule has 2 aromatic carbocycles. The molecular formula is C19H18N2O4S. The minimum atomic E-state index is -0.166. The van der Waals surface area contributed by atoms with E-state index in [9.17, 15) is 4.79 Å². The third kappa shape index (κ3) is 3.95. The molecule has 0 aliphatic carbocycles. The monoisotopic (exact) mass is 370 g/mol. The Labute approximate surface area is 154 Å². The number of hydrogen-bond acceptors (Lipinski definition) is 6. The summed E-state index contributed by atoms with van der Waals surface area (Å²) in [7, 11) is 0. The number of rotatable bonds is 6. The first-order valence-corrected chi connectivity index (χ1v) is 9.17. The van der Waals surface area contributed by atoms with E-state index in [0.717, 1.165) is 32.3 Å². The van der Waals surface area contributed by atoms with Gasteiger partial charge in [-0.15, -0.1) is 11.3 Å². The SMILES string of the molecule is O=C(COCc1nc2ccccc2s1)NCc1ccc2c(c1)OCCO2. The van der Waals surface area contributed by atoms with Gasteiger partial charge < -0.3 is 19.5 Å². The third-order valence-corrected chi connectivity index (χ3v) is 4.90. The second-order valence-corrected chi connectivity index (χ2v) is 6.94. The van der Waals surface area contributed by atoms with Crippen LogP contribution in [0.25, 0.3) is 10.2 Å².